The van der Waals surface area contributed by atoms with Gasteiger partial charge in [0.15, 0.2) is 5.76 Å². The predicted molar refractivity (Wildman–Crippen MR) is 67.3 cm³/mol. The summed E-state index contributed by atoms with van der Waals surface area (Å²) < 4.78 is 5.38. The van der Waals surface area contributed by atoms with E-state index in [0.29, 0.717) is 17.4 Å². The van der Waals surface area contributed by atoms with E-state index in [4.69, 9.17) is 16.0 Å². The second-order valence-corrected chi connectivity index (χ2v) is 5.33. The molecule has 1 aromatic rings. The van der Waals surface area contributed by atoms with Gasteiger partial charge in [-0.3, -0.25) is 4.79 Å². The fourth-order valence-corrected chi connectivity index (χ4v) is 2.34. The van der Waals surface area contributed by atoms with Crippen molar-refractivity contribution < 1.29 is 9.21 Å². The Bertz CT molecular complexity index is 381. The summed E-state index contributed by atoms with van der Waals surface area (Å²) in [5, 5.41) is 2.71. The number of hydrogen-bond donors (Lipinski definition) is 1. The van der Waals surface area contributed by atoms with Gasteiger partial charge in [-0.1, -0.05) is 12.8 Å². The summed E-state index contributed by atoms with van der Waals surface area (Å²) in [7, 11) is 0. The molecule has 0 aromatic carbocycles. The number of hydrogen-bond acceptors (Lipinski definition) is 2. The third-order valence-corrected chi connectivity index (χ3v) is 3.48. The van der Waals surface area contributed by atoms with E-state index >= 15 is 0 Å². The Morgan fingerprint density at radius 2 is 2.24 bits per heavy atom. The Balaban J connectivity index is 1.85. The van der Waals surface area contributed by atoms with E-state index in [1.165, 1.54) is 25.7 Å². The van der Waals surface area contributed by atoms with E-state index in [0.717, 1.165) is 6.54 Å². The predicted octanol–water partition coefficient (Wildman–Crippen LogP) is 3.50. The van der Waals surface area contributed by atoms with Crippen LogP contribution in [0, 0.1) is 5.92 Å². The molecule has 1 aliphatic carbocycles. The van der Waals surface area contributed by atoms with Crippen LogP contribution in [0.2, 0.25) is 0 Å². The van der Waals surface area contributed by atoms with Crippen molar-refractivity contribution >= 4 is 17.5 Å². The monoisotopic (exact) mass is 255 g/mol. The minimum atomic E-state index is -0.202. The van der Waals surface area contributed by atoms with Crippen LogP contribution in [0.4, 0.5) is 0 Å². The van der Waals surface area contributed by atoms with Gasteiger partial charge in [0.05, 0.1) is 5.38 Å². The third-order valence-electron chi connectivity index (χ3n) is 3.27. The van der Waals surface area contributed by atoms with Crippen LogP contribution in [0.5, 0.6) is 0 Å². The second kappa shape index (κ2) is 5.58. The molecule has 1 heterocycles. The molecule has 0 spiro atoms. The van der Waals surface area contributed by atoms with Crippen molar-refractivity contribution in [2.45, 2.75) is 38.0 Å². The largest absolute Gasteiger partial charge is 0.454 e. The first kappa shape index (κ1) is 12.5. The third kappa shape index (κ3) is 3.25. The summed E-state index contributed by atoms with van der Waals surface area (Å²) in [5.41, 5.74) is 0. The Morgan fingerprint density at radius 3 is 2.82 bits per heavy atom. The van der Waals surface area contributed by atoms with Crippen molar-refractivity contribution in [2.75, 3.05) is 6.54 Å². The van der Waals surface area contributed by atoms with E-state index in [2.05, 4.69) is 5.32 Å². The number of nitrogens with one attached hydrogen (secondary N) is 1. The van der Waals surface area contributed by atoms with Gasteiger partial charge in [-0.2, -0.15) is 0 Å². The molecular formula is C13H18ClNO2. The Kier molecular flexibility index (Phi) is 4.11. The number of halogens is 1. The van der Waals surface area contributed by atoms with Gasteiger partial charge in [-0.15, -0.1) is 11.6 Å². The van der Waals surface area contributed by atoms with Crippen molar-refractivity contribution in [3.8, 4) is 0 Å². The van der Waals surface area contributed by atoms with Crippen LogP contribution in [0.3, 0.4) is 0 Å². The molecule has 1 aliphatic rings. The van der Waals surface area contributed by atoms with Crippen LogP contribution >= 0.6 is 11.6 Å². The molecule has 1 N–H and O–H groups in total. The van der Waals surface area contributed by atoms with Gasteiger partial charge in [0.1, 0.15) is 5.76 Å². The lowest BCUT2D eigenvalue weighted by Gasteiger charge is -2.09. The van der Waals surface area contributed by atoms with Gasteiger partial charge in [-0.05, 0) is 37.8 Å². The summed E-state index contributed by atoms with van der Waals surface area (Å²) in [5.74, 6) is 1.49. The minimum absolute atomic E-state index is 0.138. The molecule has 0 radical (unpaired) electrons. The topological polar surface area (TPSA) is 42.2 Å². The summed E-state index contributed by atoms with van der Waals surface area (Å²) in [4.78, 5) is 11.8. The van der Waals surface area contributed by atoms with Crippen LogP contribution in [0.15, 0.2) is 16.5 Å². The van der Waals surface area contributed by atoms with Crippen molar-refractivity contribution in [3.63, 3.8) is 0 Å². The molecule has 17 heavy (non-hydrogen) atoms. The maximum Gasteiger partial charge on any atom is 0.287 e. The maximum atomic E-state index is 11.8. The summed E-state index contributed by atoms with van der Waals surface area (Å²) >= 11 is 5.88. The molecule has 0 aliphatic heterocycles. The van der Waals surface area contributed by atoms with Crippen molar-refractivity contribution in [1.29, 1.82) is 0 Å². The van der Waals surface area contributed by atoms with Crippen molar-refractivity contribution in [2.24, 2.45) is 5.92 Å². The molecule has 1 unspecified atom stereocenters. The lowest BCUT2D eigenvalue weighted by atomic mass is 10.1. The van der Waals surface area contributed by atoms with E-state index in [1.807, 2.05) is 6.92 Å². The van der Waals surface area contributed by atoms with Gasteiger partial charge >= 0.3 is 0 Å². The number of amides is 1. The molecule has 1 atom stereocenters. The average molecular weight is 256 g/mol. The van der Waals surface area contributed by atoms with Gasteiger partial charge in [0.25, 0.3) is 5.91 Å². The number of carbonyl (C=O) groups is 1. The molecule has 3 nitrogen and oxygen atoms in total. The van der Waals surface area contributed by atoms with Crippen LogP contribution in [0.25, 0.3) is 0 Å². The SMILES string of the molecule is CC(Cl)c1ccc(C(=O)NCC2CCCC2)o1. The molecule has 94 valence electrons. The lowest BCUT2D eigenvalue weighted by molar-refractivity contribution is 0.0918. The smallest absolute Gasteiger partial charge is 0.287 e. The molecule has 2 rings (SSSR count). The molecule has 1 aromatic heterocycles. The van der Waals surface area contributed by atoms with E-state index in [9.17, 15) is 4.79 Å². The van der Waals surface area contributed by atoms with Crippen LogP contribution in [0.1, 0.15) is 54.3 Å². The molecule has 1 saturated carbocycles. The lowest BCUT2D eigenvalue weighted by Crippen LogP contribution is -2.27. The van der Waals surface area contributed by atoms with E-state index in [-0.39, 0.29) is 11.3 Å². The number of alkyl halides is 1. The molecule has 4 heteroatoms. The van der Waals surface area contributed by atoms with Crippen LogP contribution in [-0.4, -0.2) is 12.5 Å². The Morgan fingerprint density at radius 1 is 1.53 bits per heavy atom. The second-order valence-electron chi connectivity index (χ2n) is 4.68. The first-order valence-electron chi connectivity index (χ1n) is 6.19. The minimum Gasteiger partial charge on any atom is -0.454 e. The highest BCUT2D eigenvalue weighted by molar-refractivity contribution is 6.20. The fourth-order valence-electron chi connectivity index (χ4n) is 2.23. The van der Waals surface area contributed by atoms with Gasteiger partial charge in [0, 0.05) is 6.54 Å². The van der Waals surface area contributed by atoms with E-state index in [1.54, 1.807) is 12.1 Å². The van der Waals surface area contributed by atoms with Crippen molar-refractivity contribution in [3.05, 3.63) is 23.7 Å². The standard InChI is InChI=1S/C13H18ClNO2/c1-9(14)11-6-7-12(17-11)13(16)15-8-10-4-2-3-5-10/h6-7,9-10H,2-5,8H2,1H3,(H,15,16). The number of furan rings is 1. The van der Waals surface area contributed by atoms with Gasteiger partial charge < -0.3 is 9.73 Å². The molecule has 0 saturated heterocycles. The zero-order valence-electron chi connectivity index (χ0n) is 10.0. The zero-order valence-corrected chi connectivity index (χ0v) is 10.8. The van der Waals surface area contributed by atoms with Crippen molar-refractivity contribution in [1.82, 2.24) is 5.32 Å². The fraction of sp³-hybridized carbons (Fsp3) is 0.615. The van der Waals surface area contributed by atoms with Crippen LogP contribution in [-0.2, 0) is 0 Å². The first-order valence-corrected chi connectivity index (χ1v) is 6.62. The first-order chi connectivity index (χ1) is 8.16. The number of rotatable bonds is 4. The molecule has 1 fully saturated rings. The highest BCUT2D eigenvalue weighted by atomic mass is 35.5. The van der Waals surface area contributed by atoms with Gasteiger partial charge in [-0.25, -0.2) is 0 Å². The average Bonchev–Trinajstić information content (AvgIpc) is 2.96. The number of carbonyl (C=O) groups excluding carboxylic acids is 1. The Hall–Kier alpha value is -0.960. The zero-order chi connectivity index (χ0) is 12.3. The van der Waals surface area contributed by atoms with Gasteiger partial charge in [0.2, 0.25) is 0 Å². The Labute approximate surface area is 107 Å². The quantitative estimate of drug-likeness (QED) is 0.837. The highest BCUT2D eigenvalue weighted by Gasteiger charge is 2.18. The highest BCUT2D eigenvalue weighted by Crippen LogP contribution is 2.24. The summed E-state index contributed by atoms with van der Waals surface area (Å²) in [6.07, 6.45) is 5.02. The summed E-state index contributed by atoms with van der Waals surface area (Å²) in [6, 6.07) is 3.43. The summed E-state index contributed by atoms with van der Waals surface area (Å²) in [6.45, 7) is 2.58. The molecule has 1 amide bonds. The van der Waals surface area contributed by atoms with E-state index < -0.39 is 0 Å². The molecule has 0 bridgehead atoms. The van der Waals surface area contributed by atoms with Crippen LogP contribution < -0.4 is 5.32 Å². The maximum absolute atomic E-state index is 11.8. The normalized spacial score (nSPS) is 18.2. The molecular weight excluding hydrogens is 238 g/mol.